The number of halogens is 4. The molecule has 0 unspecified atom stereocenters. The topological polar surface area (TPSA) is 78.7 Å². The zero-order chi connectivity index (χ0) is 20.2. The van der Waals surface area contributed by atoms with E-state index >= 15 is 0 Å². The maximum Gasteiger partial charge on any atom is 0.416 e. The molecule has 0 atom stereocenters. The number of rotatable bonds is 7. The Bertz CT molecular complexity index is 870. The summed E-state index contributed by atoms with van der Waals surface area (Å²) in [5, 5.41) is 10.8. The van der Waals surface area contributed by atoms with Crippen LogP contribution in [-0.4, -0.2) is 17.3 Å². The van der Waals surface area contributed by atoms with E-state index in [4.69, 9.17) is 21.1 Å². The molecule has 0 heterocycles. The molecule has 6 nitrogen and oxygen atoms in total. The van der Waals surface area contributed by atoms with Gasteiger partial charge in [0.05, 0.1) is 15.5 Å². The van der Waals surface area contributed by atoms with E-state index in [0.29, 0.717) is 6.07 Å². The van der Waals surface area contributed by atoms with Crippen LogP contribution in [-0.2, 0) is 11.0 Å². The average molecular weight is 404 g/mol. The van der Waals surface area contributed by atoms with E-state index in [1.807, 2.05) is 0 Å². The van der Waals surface area contributed by atoms with Crippen molar-refractivity contribution < 1.29 is 32.4 Å². The molecule has 0 bridgehead atoms. The zero-order valence-electron chi connectivity index (χ0n) is 13.9. The highest BCUT2D eigenvalue weighted by atomic mass is 35.5. The molecule has 2 rings (SSSR count). The first-order valence-electron chi connectivity index (χ1n) is 7.59. The van der Waals surface area contributed by atoms with E-state index in [0.717, 1.165) is 24.3 Å². The SMILES string of the molecule is CCC(=O)COc1cc(Oc2ccc(C(F)(F)F)cc2Cl)ccc1[N+](=O)[O-]. The van der Waals surface area contributed by atoms with Crippen LogP contribution in [0.1, 0.15) is 18.9 Å². The van der Waals surface area contributed by atoms with E-state index in [-0.39, 0.29) is 46.8 Å². The van der Waals surface area contributed by atoms with Gasteiger partial charge in [-0.3, -0.25) is 14.9 Å². The Kier molecular flexibility index (Phi) is 6.27. The Morgan fingerprint density at radius 1 is 1.19 bits per heavy atom. The number of carbonyl (C=O) groups is 1. The highest BCUT2D eigenvalue weighted by molar-refractivity contribution is 6.32. The molecule has 0 amide bonds. The number of alkyl halides is 3. The first-order valence-corrected chi connectivity index (χ1v) is 7.97. The van der Waals surface area contributed by atoms with Crippen LogP contribution in [0.15, 0.2) is 36.4 Å². The molecule has 0 aliphatic rings. The summed E-state index contributed by atoms with van der Waals surface area (Å²) in [5.74, 6) is -0.501. The van der Waals surface area contributed by atoms with Crippen molar-refractivity contribution in [2.45, 2.75) is 19.5 Å². The van der Waals surface area contributed by atoms with Crippen LogP contribution in [0.3, 0.4) is 0 Å². The standard InChI is InChI=1S/C17H13ClF3NO5/c1-2-11(23)9-26-16-8-12(4-5-14(16)22(24)25)27-15-6-3-10(7-13(15)18)17(19,20)21/h3-8H,2,9H2,1H3. The number of Topliss-reactive ketones (excluding diaryl/α,β-unsaturated/α-hetero) is 1. The summed E-state index contributed by atoms with van der Waals surface area (Å²) in [6, 6.07) is 6.03. The molecular formula is C17H13ClF3NO5. The lowest BCUT2D eigenvalue weighted by atomic mass is 10.2. The Labute approximate surface area is 156 Å². The molecule has 0 fully saturated rings. The van der Waals surface area contributed by atoms with E-state index in [2.05, 4.69) is 0 Å². The van der Waals surface area contributed by atoms with Gasteiger partial charge in [0, 0.05) is 18.6 Å². The molecule has 144 valence electrons. The van der Waals surface area contributed by atoms with Gasteiger partial charge in [0.2, 0.25) is 5.75 Å². The summed E-state index contributed by atoms with van der Waals surface area (Å²) in [6.07, 6.45) is -4.35. The van der Waals surface area contributed by atoms with Crippen molar-refractivity contribution in [3.63, 3.8) is 0 Å². The predicted octanol–water partition coefficient (Wildman–Crippen LogP) is 5.42. The number of ketones is 1. The smallest absolute Gasteiger partial charge is 0.416 e. The monoisotopic (exact) mass is 403 g/mol. The summed E-state index contributed by atoms with van der Waals surface area (Å²) in [4.78, 5) is 21.7. The molecule has 0 radical (unpaired) electrons. The van der Waals surface area contributed by atoms with Crippen molar-refractivity contribution >= 4 is 23.1 Å². The molecule has 0 aliphatic heterocycles. The van der Waals surface area contributed by atoms with Crippen LogP contribution in [0.2, 0.25) is 5.02 Å². The molecule has 0 aliphatic carbocycles. The van der Waals surface area contributed by atoms with E-state index in [9.17, 15) is 28.1 Å². The second-order valence-electron chi connectivity index (χ2n) is 5.31. The van der Waals surface area contributed by atoms with E-state index in [1.165, 1.54) is 6.07 Å². The minimum absolute atomic E-state index is 0.0428. The fraction of sp³-hybridized carbons (Fsp3) is 0.235. The molecule has 2 aromatic rings. The average Bonchev–Trinajstić information content (AvgIpc) is 2.60. The lowest BCUT2D eigenvalue weighted by Gasteiger charge is -2.12. The molecule has 2 aromatic carbocycles. The number of nitro benzene ring substituents is 1. The largest absolute Gasteiger partial charge is 0.479 e. The third-order valence-electron chi connectivity index (χ3n) is 3.40. The van der Waals surface area contributed by atoms with Crippen LogP contribution < -0.4 is 9.47 Å². The Hall–Kier alpha value is -2.81. The van der Waals surface area contributed by atoms with Gasteiger partial charge in [-0.1, -0.05) is 18.5 Å². The Balaban J connectivity index is 2.28. The number of nitrogens with zero attached hydrogens (tertiary/aromatic N) is 1. The normalized spacial score (nSPS) is 11.1. The van der Waals surface area contributed by atoms with E-state index in [1.54, 1.807) is 6.92 Å². The summed E-state index contributed by atoms with van der Waals surface area (Å²) in [6.45, 7) is 1.26. The van der Waals surface area contributed by atoms with Crippen molar-refractivity contribution in [3.05, 3.63) is 57.1 Å². The Morgan fingerprint density at radius 3 is 2.44 bits per heavy atom. The van der Waals surface area contributed by atoms with Gasteiger partial charge in [0.1, 0.15) is 18.1 Å². The van der Waals surface area contributed by atoms with Gasteiger partial charge < -0.3 is 9.47 Å². The number of hydrogen-bond acceptors (Lipinski definition) is 5. The van der Waals surface area contributed by atoms with Crippen molar-refractivity contribution in [3.8, 4) is 17.2 Å². The van der Waals surface area contributed by atoms with Crippen LogP contribution in [0.4, 0.5) is 18.9 Å². The second-order valence-corrected chi connectivity index (χ2v) is 5.72. The Morgan fingerprint density at radius 2 is 1.89 bits per heavy atom. The first kappa shape index (κ1) is 20.5. The van der Waals surface area contributed by atoms with Gasteiger partial charge in [-0.25, -0.2) is 0 Å². The van der Waals surface area contributed by atoms with Gasteiger partial charge >= 0.3 is 11.9 Å². The van der Waals surface area contributed by atoms with Crippen molar-refractivity contribution in [2.75, 3.05) is 6.61 Å². The highest BCUT2D eigenvalue weighted by Gasteiger charge is 2.31. The molecule has 0 saturated heterocycles. The van der Waals surface area contributed by atoms with Crippen molar-refractivity contribution in [1.29, 1.82) is 0 Å². The predicted molar refractivity (Wildman–Crippen MR) is 90.4 cm³/mol. The summed E-state index contributed by atoms with van der Waals surface area (Å²) in [5.41, 5.74) is -1.32. The maximum absolute atomic E-state index is 12.7. The first-order chi connectivity index (χ1) is 12.6. The number of nitro groups is 1. The minimum atomic E-state index is -4.55. The van der Waals surface area contributed by atoms with Crippen molar-refractivity contribution in [1.82, 2.24) is 0 Å². The minimum Gasteiger partial charge on any atom is -0.479 e. The fourth-order valence-corrected chi connectivity index (χ4v) is 2.19. The number of carbonyl (C=O) groups excluding carboxylic acids is 1. The van der Waals surface area contributed by atoms with Gasteiger partial charge in [-0.05, 0) is 24.3 Å². The van der Waals surface area contributed by atoms with Crippen LogP contribution >= 0.6 is 11.6 Å². The zero-order valence-corrected chi connectivity index (χ0v) is 14.6. The van der Waals surface area contributed by atoms with Crippen LogP contribution in [0.5, 0.6) is 17.2 Å². The maximum atomic E-state index is 12.7. The lowest BCUT2D eigenvalue weighted by molar-refractivity contribution is -0.385. The summed E-state index contributed by atoms with van der Waals surface area (Å²) >= 11 is 5.82. The number of hydrogen-bond donors (Lipinski definition) is 0. The second kappa shape index (κ2) is 8.26. The molecule has 10 heteroatoms. The molecule has 0 spiro atoms. The molecule has 0 saturated carbocycles. The molecular weight excluding hydrogens is 391 g/mol. The third kappa shape index (κ3) is 5.33. The van der Waals surface area contributed by atoms with Crippen molar-refractivity contribution in [2.24, 2.45) is 0 Å². The van der Waals surface area contributed by atoms with Crippen LogP contribution in [0.25, 0.3) is 0 Å². The molecule has 0 N–H and O–H groups in total. The fourth-order valence-electron chi connectivity index (χ4n) is 1.97. The number of ether oxygens (including phenoxy) is 2. The van der Waals surface area contributed by atoms with Gasteiger partial charge in [0.15, 0.2) is 5.78 Å². The van der Waals surface area contributed by atoms with Gasteiger partial charge in [-0.2, -0.15) is 13.2 Å². The van der Waals surface area contributed by atoms with E-state index < -0.39 is 16.7 Å². The third-order valence-corrected chi connectivity index (χ3v) is 3.69. The van der Waals surface area contributed by atoms with Gasteiger partial charge in [-0.15, -0.1) is 0 Å². The molecule has 27 heavy (non-hydrogen) atoms. The lowest BCUT2D eigenvalue weighted by Crippen LogP contribution is -2.10. The van der Waals surface area contributed by atoms with Gasteiger partial charge in [0.25, 0.3) is 0 Å². The highest BCUT2D eigenvalue weighted by Crippen LogP contribution is 2.38. The number of benzene rings is 2. The summed E-state index contributed by atoms with van der Waals surface area (Å²) in [7, 11) is 0. The van der Waals surface area contributed by atoms with Crippen LogP contribution in [0, 0.1) is 10.1 Å². The summed E-state index contributed by atoms with van der Waals surface area (Å²) < 4.78 is 48.6. The molecule has 0 aromatic heterocycles. The quantitative estimate of drug-likeness (QED) is 0.455.